The molecule has 2 unspecified atom stereocenters. The number of nitrogens with zero attached hydrogens (tertiary/aromatic N) is 1. The van der Waals surface area contributed by atoms with Gasteiger partial charge in [0.15, 0.2) is 0 Å². The predicted octanol–water partition coefficient (Wildman–Crippen LogP) is 3.24. The van der Waals surface area contributed by atoms with Crippen LogP contribution >= 0.6 is 0 Å². The molecule has 130 valence electrons. The van der Waals surface area contributed by atoms with Crippen molar-refractivity contribution in [3.8, 4) is 0 Å². The molecule has 0 spiro atoms. The first-order valence-electron chi connectivity index (χ1n) is 8.52. The third kappa shape index (κ3) is 3.71. The first-order chi connectivity index (χ1) is 12.1. The van der Waals surface area contributed by atoms with Crippen molar-refractivity contribution in [2.24, 2.45) is 0 Å². The fraction of sp³-hybridized carbons (Fsp3) is 0.300. The van der Waals surface area contributed by atoms with Gasteiger partial charge in [-0.3, -0.25) is 9.59 Å². The molecule has 1 fully saturated rings. The van der Waals surface area contributed by atoms with Gasteiger partial charge < -0.3 is 10.2 Å². The van der Waals surface area contributed by atoms with Gasteiger partial charge in [0.2, 0.25) is 11.8 Å². The zero-order chi connectivity index (χ0) is 17.8. The monoisotopic (exact) mass is 340 g/mol. The van der Waals surface area contributed by atoms with E-state index in [1.54, 1.807) is 17.0 Å². The molecule has 1 N–H and O–H groups in total. The molecule has 25 heavy (non-hydrogen) atoms. The normalized spacial score (nSPS) is 18.2. The number of carbonyl (C=O) groups is 2. The first-order valence-corrected chi connectivity index (χ1v) is 8.52. The molecule has 2 aromatic carbocycles. The molecule has 1 heterocycles. The molecule has 0 bridgehead atoms. The van der Waals surface area contributed by atoms with E-state index >= 15 is 0 Å². The van der Waals surface area contributed by atoms with Crippen LogP contribution in [0.4, 0.5) is 10.1 Å². The van der Waals surface area contributed by atoms with Crippen molar-refractivity contribution in [1.29, 1.82) is 0 Å². The molecule has 5 heteroatoms. The van der Waals surface area contributed by atoms with E-state index in [1.807, 2.05) is 37.3 Å². The van der Waals surface area contributed by atoms with Crippen molar-refractivity contribution in [3.63, 3.8) is 0 Å². The summed E-state index contributed by atoms with van der Waals surface area (Å²) in [5, 5.41) is 2.89. The highest BCUT2D eigenvalue weighted by atomic mass is 19.1. The van der Waals surface area contributed by atoms with Crippen LogP contribution in [0.5, 0.6) is 0 Å². The molecule has 4 nitrogen and oxygen atoms in total. The first kappa shape index (κ1) is 17.1. The second-order valence-electron chi connectivity index (χ2n) is 6.19. The van der Waals surface area contributed by atoms with Gasteiger partial charge >= 0.3 is 0 Å². The number of halogens is 1. The lowest BCUT2D eigenvalue weighted by atomic mass is 9.95. The lowest BCUT2D eigenvalue weighted by Crippen LogP contribution is -2.43. The highest BCUT2D eigenvalue weighted by Crippen LogP contribution is 2.24. The summed E-state index contributed by atoms with van der Waals surface area (Å²) < 4.78 is 13.0. The van der Waals surface area contributed by atoms with E-state index in [-0.39, 0.29) is 23.5 Å². The van der Waals surface area contributed by atoms with Crippen LogP contribution in [0.1, 0.15) is 31.2 Å². The van der Waals surface area contributed by atoms with Crippen LogP contribution in [0, 0.1) is 5.82 Å². The molecule has 3 rings (SSSR count). The molecule has 0 aromatic heterocycles. The molecule has 1 aliphatic rings. The third-order valence-electron chi connectivity index (χ3n) is 4.59. The van der Waals surface area contributed by atoms with E-state index in [2.05, 4.69) is 5.32 Å². The number of carbonyl (C=O) groups excluding carboxylic acids is 2. The Kier molecular flexibility index (Phi) is 5.12. The largest absolute Gasteiger partial charge is 0.344 e. The zero-order valence-corrected chi connectivity index (χ0v) is 14.1. The van der Waals surface area contributed by atoms with Gasteiger partial charge in [0.1, 0.15) is 11.9 Å². The summed E-state index contributed by atoms with van der Waals surface area (Å²) in [7, 11) is 0. The van der Waals surface area contributed by atoms with Gasteiger partial charge in [-0.05, 0) is 42.7 Å². The Morgan fingerprint density at radius 2 is 1.88 bits per heavy atom. The Bertz CT molecular complexity index is 746. The van der Waals surface area contributed by atoms with E-state index in [0.717, 1.165) is 5.56 Å². The molecule has 2 amide bonds. The SMILES string of the molecule is CCC(C(=O)NC1CCN(c2ccc(F)cc2)C1=O)c1ccccc1. The number of hydrogen-bond acceptors (Lipinski definition) is 2. The van der Waals surface area contributed by atoms with E-state index in [1.165, 1.54) is 12.1 Å². The highest BCUT2D eigenvalue weighted by Gasteiger charge is 2.34. The summed E-state index contributed by atoms with van der Waals surface area (Å²) in [6, 6.07) is 14.9. The fourth-order valence-electron chi connectivity index (χ4n) is 3.22. The van der Waals surface area contributed by atoms with E-state index < -0.39 is 6.04 Å². The smallest absolute Gasteiger partial charge is 0.249 e. The van der Waals surface area contributed by atoms with Crippen molar-refractivity contribution in [2.45, 2.75) is 31.7 Å². The van der Waals surface area contributed by atoms with Crippen LogP contribution in [-0.2, 0) is 9.59 Å². The summed E-state index contributed by atoms with van der Waals surface area (Å²) in [5.74, 6) is -0.890. The Balaban J connectivity index is 1.68. The lowest BCUT2D eigenvalue weighted by Gasteiger charge is -2.20. The summed E-state index contributed by atoms with van der Waals surface area (Å²) >= 11 is 0. The van der Waals surface area contributed by atoms with Crippen LogP contribution in [0.3, 0.4) is 0 Å². The maximum absolute atomic E-state index is 13.0. The van der Waals surface area contributed by atoms with Crippen molar-refractivity contribution in [1.82, 2.24) is 5.32 Å². The fourth-order valence-corrected chi connectivity index (χ4v) is 3.22. The number of nitrogens with one attached hydrogen (secondary N) is 1. The van der Waals surface area contributed by atoms with E-state index in [0.29, 0.717) is 25.1 Å². The second kappa shape index (κ2) is 7.47. The molecule has 0 saturated carbocycles. The quantitative estimate of drug-likeness (QED) is 0.908. The average molecular weight is 340 g/mol. The highest BCUT2D eigenvalue weighted by molar-refractivity contribution is 6.01. The van der Waals surface area contributed by atoms with Gasteiger partial charge in [-0.1, -0.05) is 37.3 Å². The van der Waals surface area contributed by atoms with Crippen molar-refractivity contribution < 1.29 is 14.0 Å². The number of amides is 2. The van der Waals surface area contributed by atoms with Crippen molar-refractivity contribution >= 4 is 17.5 Å². The van der Waals surface area contributed by atoms with Gasteiger partial charge in [0.25, 0.3) is 0 Å². The Labute approximate surface area is 146 Å². The number of anilines is 1. The van der Waals surface area contributed by atoms with Gasteiger partial charge in [0.05, 0.1) is 5.92 Å². The molecular formula is C20H21FN2O2. The summed E-state index contributed by atoms with van der Waals surface area (Å²) in [6.07, 6.45) is 1.21. The van der Waals surface area contributed by atoms with Crippen LogP contribution in [0.15, 0.2) is 54.6 Å². The van der Waals surface area contributed by atoms with Crippen molar-refractivity contribution in [2.75, 3.05) is 11.4 Å². The number of hydrogen-bond donors (Lipinski definition) is 1. The summed E-state index contributed by atoms with van der Waals surface area (Å²) in [5.41, 5.74) is 1.60. The third-order valence-corrected chi connectivity index (χ3v) is 4.59. The molecule has 0 radical (unpaired) electrons. The molecule has 1 saturated heterocycles. The van der Waals surface area contributed by atoms with E-state index in [4.69, 9.17) is 0 Å². The van der Waals surface area contributed by atoms with Crippen LogP contribution in [0.25, 0.3) is 0 Å². The number of benzene rings is 2. The van der Waals surface area contributed by atoms with E-state index in [9.17, 15) is 14.0 Å². The standard InChI is InChI=1S/C20H21FN2O2/c1-2-17(14-6-4-3-5-7-14)19(24)22-18-12-13-23(20(18)25)16-10-8-15(21)9-11-16/h3-11,17-18H,2,12-13H2,1H3,(H,22,24). The van der Waals surface area contributed by atoms with Crippen LogP contribution < -0.4 is 10.2 Å². The number of rotatable bonds is 5. The van der Waals surface area contributed by atoms with Gasteiger partial charge in [0, 0.05) is 12.2 Å². The summed E-state index contributed by atoms with van der Waals surface area (Å²) in [4.78, 5) is 26.8. The molecular weight excluding hydrogens is 319 g/mol. The summed E-state index contributed by atoms with van der Waals surface area (Å²) in [6.45, 7) is 2.47. The maximum Gasteiger partial charge on any atom is 0.249 e. The minimum absolute atomic E-state index is 0.131. The molecule has 1 aliphatic heterocycles. The lowest BCUT2D eigenvalue weighted by molar-refractivity contribution is -0.127. The Hall–Kier alpha value is -2.69. The predicted molar refractivity (Wildman–Crippen MR) is 94.8 cm³/mol. The van der Waals surface area contributed by atoms with Gasteiger partial charge in [-0.25, -0.2) is 4.39 Å². The molecule has 2 atom stereocenters. The minimum Gasteiger partial charge on any atom is -0.344 e. The molecule has 0 aliphatic carbocycles. The van der Waals surface area contributed by atoms with Gasteiger partial charge in [-0.2, -0.15) is 0 Å². The zero-order valence-electron chi connectivity index (χ0n) is 14.1. The second-order valence-corrected chi connectivity index (χ2v) is 6.19. The van der Waals surface area contributed by atoms with Gasteiger partial charge in [-0.15, -0.1) is 0 Å². The van der Waals surface area contributed by atoms with Crippen LogP contribution in [0.2, 0.25) is 0 Å². The minimum atomic E-state index is -0.532. The topological polar surface area (TPSA) is 49.4 Å². The molecule has 2 aromatic rings. The Morgan fingerprint density at radius 1 is 1.20 bits per heavy atom. The van der Waals surface area contributed by atoms with Crippen LogP contribution in [-0.4, -0.2) is 24.4 Å². The Morgan fingerprint density at radius 3 is 2.52 bits per heavy atom. The maximum atomic E-state index is 13.0. The average Bonchev–Trinajstić information content (AvgIpc) is 2.98. The van der Waals surface area contributed by atoms with Crippen molar-refractivity contribution in [3.05, 3.63) is 66.0 Å².